The minimum Gasteiger partial charge on any atom is -0.368 e. The van der Waals surface area contributed by atoms with Gasteiger partial charge in [-0.25, -0.2) is 9.97 Å². The summed E-state index contributed by atoms with van der Waals surface area (Å²) in [5, 5.41) is 0. The first kappa shape index (κ1) is 11.8. The molecule has 1 amide bonds. The lowest BCUT2D eigenvalue weighted by Gasteiger charge is -2.28. The maximum atomic E-state index is 11.9. The van der Waals surface area contributed by atoms with Crippen LogP contribution in [0.15, 0.2) is 6.20 Å². The molecule has 2 heterocycles. The first-order chi connectivity index (χ1) is 8.20. The molecule has 0 saturated carbocycles. The Morgan fingerprint density at radius 3 is 3.18 bits per heavy atom. The molecule has 2 N–H and O–H groups in total. The number of nitrogen functional groups attached to an aromatic ring is 1. The first-order valence-electron chi connectivity index (χ1n) is 6.08. The van der Waals surface area contributed by atoms with Crippen molar-refractivity contribution in [3.63, 3.8) is 0 Å². The number of amides is 1. The van der Waals surface area contributed by atoms with Gasteiger partial charge in [0.2, 0.25) is 11.9 Å². The van der Waals surface area contributed by atoms with Gasteiger partial charge in [-0.3, -0.25) is 4.79 Å². The molecule has 5 nitrogen and oxygen atoms in total. The number of nitrogens with two attached hydrogens (primary N) is 1. The van der Waals surface area contributed by atoms with Crippen molar-refractivity contribution in [1.29, 1.82) is 0 Å². The van der Waals surface area contributed by atoms with Crippen LogP contribution in [0.1, 0.15) is 37.4 Å². The molecule has 92 valence electrons. The van der Waals surface area contributed by atoms with Crippen molar-refractivity contribution in [3.05, 3.63) is 17.5 Å². The number of anilines is 1. The van der Waals surface area contributed by atoms with Gasteiger partial charge < -0.3 is 10.6 Å². The fourth-order valence-electron chi connectivity index (χ4n) is 2.02. The highest BCUT2D eigenvalue weighted by Crippen LogP contribution is 2.17. The van der Waals surface area contributed by atoms with Gasteiger partial charge in [-0.15, -0.1) is 0 Å². The Hall–Kier alpha value is -1.65. The number of carbonyl (C=O) groups is 1. The molecule has 1 aliphatic heterocycles. The number of unbranched alkanes of at least 4 members (excludes halogenated alkanes) is 1. The lowest BCUT2D eigenvalue weighted by molar-refractivity contribution is -0.132. The number of hydrogen-bond acceptors (Lipinski definition) is 4. The van der Waals surface area contributed by atoms with Crippen LogP contribution in [-0.4, -0.2) is 27.3 Å². The summed E-state index contributed by atoms with van der Waals surface area (Å²) in [5.41, 5.74) is 7.56. The number of hydrogen-bond donors (Lipinski definition) is 1. The first-order valence-corrected chi connectivity index (χ1v) is 6.08. The van der Waals surface area contributed by atoms with Gasteiger partial charge in [0.1, 0.15) is 0 Å². The van der Waals surface area contributed by atoms with E-state index in [4.69, 9.17) is 5.73 Å². The largest absolute Gasteiger partial charge is 0.368 e. The fourth-order valence-corrected chi connectivity index (χ4v) is 2.02. The molecular formula is C12H18N4O. The van der Waals surface area contributed by atoms with Crippen molar-refractivity contribution in [3.8, 4) is 0 Å². The SMILES string of the molecule is CCCCC(=O)N1CCc2cnc(N)nc2C1. The molecule has 1 aromatic heterocycles. The van der Waals surface area contributed by atoms with E-state index >= 15 is 0 Å². The van der Waals surface area contributed by atoms with E-state index in [0.29, 0.717) is 13.0 Å². The van der Waals surface area contributed by atoms with E-state index in [0.717, 1.165) is 37.1 Å². The van der Waals surface area contributed by atoms with Gasteiger partial charge in [-0.05, 0) is 18.4 Å². The Balaban J connectivity index is 2.04. The van der Waals surface area contributed by atoms with Gasteiger partial charge in [-0.1, -0.05) is 13.3 Å². The minimum absolute atomic E-state index is 0.217. The Labute approximate surface area is 101 Å². The second-order valence-corrected chi connectivity index (χ2v) is 4.37. The normalized spacial score (nSPS) is 14.5. The Bertz CT molecular complexity index is 419. The van der Waals surface area contributed by atoms with E-state index in [2.05, 4.69) is 16.9 Å². The third kappa shape index (κ3) is 2.72. The summed E-state index contributed by atoms with van der Waals surface area (Å²) in [6.45, 7) is 3.43. The van der Waals surface area contributed by atoms with E-state index in [1.54, 1.807) is 6.20 Å². The molecule has 0 saturated heterocycles. The van der Waals surface area contributed by atoms with Gasteiger partial charge >= 0.3 is 0 Å². The predicted octanol–water partition coefficient (Wildman–Crippen LogP) is 1.13. The van der Waals surface area contributed by atoms with Crippen molar-refractivity contribution in [1.82, 2.24) is 14.9 Å². The van der Waals surface area contributed by atoms with Crippen molar-refractivity contribution < 1.29 is 4.79 Å². The summed E-state index contributed by atoms with van der Waals surface area (Å²) >= 11 is 0. The summed E-state index contributed by atoms with van der Waals surface area (Å²) in [5.74, 6) is 0.501. The summed E-state index contributed by atoms with van der Waals surface area (Å²) in [4.78, 5) is 21.9. The molecule has 0 bridgehead atoms. The van der Waals surface area contributed by atoms with Crippen LogP contribution in [0.2, 0.25) is 0 Å². The lowest BCUT2D eigenvalue weighted by atomic mass is 10.1. The average Bonchev–Trinajstić information content (AvgIpc) is 2.35. The summed E-state index contributed by atoms with van der Waals surface area (Å²) in [6.07, 6.45) is 5.23. The molecule has 0 radical (unpaired) electrons. The molecule has 0 unspecified atom stereocenters. The van der Waals surface area contributed by atoms with Gasteiger partial charge in [0.05, 0.1) is 12.2 Å². The van der Waals surface area contributed by atoms with Gasteiger partial charge in [0.15, 0.2) is 0 Å². The molecule has 1 aliphatic rings. The Kier molecular flexibility index (Phi) is 3.56. The van der Waals surface area contributed by atoms with Crippen LogP contribution in [0, 0.1) is 0 Å². The highest BCUT2D eigenvalue weighted by atomic mass is 16.2. The Morgan fingerprint density at radius 2 is 2.41 bits per heavy atom. The smallest absolute Gasteiger partial charge is 0.222 e. The lowest BCUT2D eigenvalue weighted by Crippen LogP contribution is -2.36. The van der Waals surface area contributed by atoms with Gasteiger partial charge in [-0.2, -0.15) is 0 Å². The van der Waals surface area contributed by atoms with Crippen molar-refractivity contribution in [2.75, 3.05) is 12.3 Å². The van der Waals surface area contributed by atoms with Crippen LogP contribution in [0.25, 0.3) is 0 Å². The van der Waals surface area contributed by atoms with E-state index in [1.165, 1.54) is 0 Å². The maximum absolute atomic E-state index is 11.9. The van der Waals surface area contributed by atoms with E-state index in [9.17, 15) is 4.79 Å². The zero-order chi connectivity index (χ0) is 12.3. The number of aromatic nitrogens is 2. The van der Waals surface area contributed by atoms with E-state index in [1.807, 2.05) is 4.90 Å². The number of nitrogens with zero attached hydrogens (tertiary/aromatic N) is 3. The molecule has 2 rings (SSSR count). The summed E-state index contributed by atoms with van der Waals surface area (Å²) < 4.78 is 0. The monoisotopic (exact) mass is 234 g/mol. The van der Waals surface area contributed by atoms with Crippen molar-refractivity contribution in [2.45, 2.75) is 39.2 Å². The minimum atomic E-state index is 0.217. The van der Waals surface area contributed by atoms with Crippen LogP contribution in [0.4, 0.5) is 5.95 Å². The Morgan fingerprint density at radius 1 is 1.59 bits per heavy atom. The standard InChI is InChI=1S/C12H18N4O/c1-2-3-4-11(17)16-6-5-9-7-14-12(13)15-10(9)8-16/h7H,2-6,8H2,1H3,(H2,13,14,15). The molecule has 0 aromatic carbocycles. The molecule has 0 aliphatic carbocycles. The summed E-state index contributed by atoms with van der Waals surface area (Å²) in [6, 6.07) is 0. The topological polar surface area (TPSA) is 72.1 Å². The van der Waals surface area contributed by atoms with E-state index < -0.39 is 0 Å². The third-order valence-corrected chi connectivity index (χ3v) is 3.06. The highest BCUT2D eigenvalue weighted by Gasteiger charge is 2.21. The second kappa shape index (κ2) is 5.12. The van der Waals surface area contributed by atoms with Crippen LogP contribution in [0.5, 0.6) is 0 Å². The molecule has 1 aromatic rings. The molecule has 5 heteroatoms. The van der Waals surface area contributed by atoms with E-state index in [-0.39, 0.29) is 11.9 Å². The van der Waals surface area contributed by atoms with Gasteiger partial charge in [0, 0.05) is 19.2 Å². The van der Waals surface area contributed by atoms with Crippen LogP contribution < -0.4 is 5.73 Å². The zero-order valence-corrected chi connectivity index (χ0v) is 10.1. The third-order valence-electron chi connectivity index (χ3n) is 3.06. The average molecular weight is 234 g/mol. The van der Waals surface area contributed by atoms with Crippen molar-refractivity contribution >= 4 is 11.9 Å². The van der Waals surface area contributed by atoms with Crippen LogP contribution in [-0.2, 0) is 17.8 Å². The second-order valence-electron chi connectivity index (χ2n) is 4.37. The van der Waals surface area contributed by atoms with Crippen LogP contribution in [0.3, 0.4) is 0 Å². The zero-order valence-electron chi connectivity index (χ0n) is 10.1. The quantitative estimate of drug-likeness (QED) is 0.851. The highest BCUT2D eigenvalue weighted by molar-refractivity contribution is 5.76. The number of carbonyl (C=O) groups excluding carboxylic acids is 1. The molecule has 0 fully saturated rings. The molecule has 17 heavy (non-hydrogen) atoms. The van der Waals surface area contributed by atoms with Gasteiger partial charge in [0.25, 0.3) is 0 Å². The number of fused-ring (bicyclic) bond motifs is 1. The summed E-state index contributed by atoms with van der Waals surface area (Å²) in [7, 11) is 0. The maximum Gasteiger partial charge on any atom is 0.222 e. The van der Waals surface area contributed by atoms with Crippen LogP contribution >= 0.6 is 0 Å². The van der Waals surface area contributed by atoms with Crippen molar-refractivity contribution in [2.24, 2.45) is 0 Å². The number of rotatable bonds is 3. The molecular weight excluding hydrogens is 216 g/mol. The molecule has 0 spiro atoms. The molecule has 0 atom stereocenters. The fraction of sp³-hybridized carbons (Fsp3) is 0.583. The predicted molar refractivity (Wildman–Crippen MR) is 65.1 cm³/mol.